The summed E-state index contributed by atoms with van der Waals surface area (Å²) in [5.41, 5.74) is 0.721. The highest BCUT2D eigenvalue weighted by atomic mass is 35.5. The van der Waals surface area contributed by atoms with E-state index in [0.717, 1.165) is 31.2 Å². The first kappa shape index (κ1) is 19.6. The molecule has 1 unspecified atom stereocenters. The minimum absolute atomic E-state index is 0.142. The van der Waals surface area contributed by atoms with E-state index in [1.54, 1.807) is 18.2 Å². The van der Waals surface area contributed by atoms with Gasteiger partial charge in [0.2, 0.25) is 0 Å². The second-order valence-corrected chi connectivity index (χ2v) is 7.97. The molecule has 0 aliphatic heterocycles. The van der Waals surface area contributed by atoms with Crippen LogP contribution in [0.1, 0.15) is 75.3 Å². The third-order valence-corrected chi connectivity index (χ3v) is 4.47. The van der Waals surface area contributed by atoms with Crippen LogP contribution < -0.4 is 10.6 Å². The normalized spacial score (nSPS) is 16.4. The molecule has 25 heavy (non-hydrogen) atoms. The number of rotatable bonds is 4. The number of ether oxygens (including phenoxy) is 1. The highest BCUT2D eigenvalue weighted by Gasteiger charge is 2.21. The van der Waals surface area contributed by atoms with E-state index in [-0.39, 0.29) is 18.0 Å². The highest BCUT2D eigenvalue weighted by Crippen LogP contribution is 2.24. The van der Waals surface area contributed by atoms with Crippen molar-refractivity contribution in [3.63, 3.8) is 0 Å². The van der Waals surface area contributed by atoms with E-state index in [9.17, 15) is 9.59 Å². The summed E-state index contributed by atoms with van der Waals surface area (Å²) in [5, 5.41) is 6.18. The maximum atomic E-state index is 12.4. The van der Waals surface area contributed by atoms with Crippen LogP contribution in [0.3, 0.4) is 0 Å². The molecule has 0 heterocycles. The number of benzene rings is 1. The molecule has 1 fully saturated rings. The van der Waals surface area contributed by atoms with Crippen molar-refractivity contribution < 1.29 is 14.3 Å². The number of nitrogens with one attached hydrogen (secondary N) is 2. The monoisotopic (exact) mass is 366 g/mol. The zero-order valence-electron chi connectivity index (χ0n) is 15.3. The van der Waals surface area contributed by atoms with Gasteiger partial charge in [0.25, 0.3) is 5.91 Å². The van der Waals surface area contributed by atoms with Gasteiger partial charge >= 0.3 is 6.09 Å². The fourth-order valence-electron chi connectivity index (χ4n) is 2.89. The maximum Gasteiger partial charge on any atom is 0.408 e. The van der Waals surface area contributed by atoms with Crippen LogP contribution in [-0.4, -0.2) is 23.6 Å². The van der Waals surface area contributed by atoms with Gasteiger partial charge in [0.1, 0.15) is 5.60 Å². The lowest BCUT2D eigenvalue weighted by molar-refractivity contribution is 0.0507. The molecular weight excluding hydrogens is 340 g/mol. The van der Waals surface area contributed by atoms with Crippen LogP contribution in [-0.2, 0) is 4.74 Å². The van der Waals surface area contributed by atoms with Crippen molar-refractivity contribution in [2.45, 2.75) is 71.1 Å². The third-order valence-electron chi connectivity index (χ3n) is 4.16. The Bertz CT molecular complexity index is 634. The van der Waals surface area contributed by atoms with Gasteiger partial charge in [-0.25, -0.2) is 4.79 Å². The zero-order valence-corrected chi connectivity index (χ0v) is 16.1. The summed E-state index contributed by atoms with van der Waals surface area (Å²) in [6.07, 6.45) is 3.88. The number of carbonyl (C=O) groups excluding carboxylic acids is 2. The van der Waals surface area contributed by atoms with Gasteiger partial charge in [-0.05, 0) is 58.2 Å². The fourth-order valence-corrected chi connectivity index (χ4v) is 3.16. The minimum atomic E-state index is -0.552. The first-order valence-electron chi connectivity index (χ1n) is 8.75. The maximum absolute atomic E-state index is 12.4. The van der Waals surface area contributed by atoms with Crippen molar-refractivity contribution in [2.24, 2.45) is 0 Å². The highest BCUT2D eigenvalue weighted by molar-refractivity contribution is 6.33. The summed E-state index contributed by atoms with van der Waals surface area (Å²) in [5.74, 6) is -0.142. The van der Waals surface area contributed by atoms with Gasteiger partial charge in [-0.3, -0.25) is 4.79 Å². The van der Waals surface area contributed by atoms with E-state index in [4.69, 9.17) is 16.3 Å². The van der Waals surface area contributed by atoms with Crippen LogP contribution >= 0.6 is 11.6 Å². The molecule has 0 radical (unpaired) electrons. The van der Waals surface area contributed by atoms with Gasteiger partial charge in [-0.2, -0.15) is 0 Å². The molecule has 1 atom stereocenters. The van der Waals surface area contributed by atoms with E-state index >= 15 is 0 Å². The Hall–Kier alpha value is -1.75. The van der Waals surface area contributed by atoms with Crippen LogP contribution in [0.15, 0.2) is 18.2 Å². The predicted octanol–water partition coefficient (Wildman–Crippen LogP) is 4.60. The van der Waals surface area contributed by atoms with Crippen LogP contribution in [0.25, 0.3) is 0 Å². The molecule has 1 aromatic rings. The molecule has 6 heteroatoms. The molecule has 1 aliphatic rings. The molecule has 1 saturated carbocycles. The predicted molar refractivity (Wildman–Crippen MR) is 99.0 cm³/mol. The summed E-state index contributed by atoms with van der Waals surface area (Å²) in [6.45, 7) is 7.28. The standard InChI is InChI=1S/C19H27ClN2O3/c1-12(21-18(24)25-19(2,3)4)13-9-10-15(16(20)11-13)17(23)22-14-7-5-6-8-14/h9-12,14H,5-8H2,1-4H3,(H,21,24)(H,22,23). The number of amides is 2. The van der Waals surface area contributed by atoms with Crippen molar-refractivity contribution in [1.82, 2.24) is 10.6 Å². The van der Waals surface area contributed by atoms with Gasteiger partial charge in [0.05, 0.1) is 16.6 Å². The van der Waals surface area contributed by atoms with Gasteiger partial charge in [0.15, 0.2) is 0 Å². The molecular formula is C19H27ClN2O3. The summed E-state index contributed by atoms with van der Waals surface area (Å²) in [7, 11) is 0. The molecule has 1 aliphatic carbocycles. The van der Waals surface area contributed by atoms with Crippen molar-refractivity contribution in [3.05, 3.63) is 34.3 Å². The Balaban J connectivity index is 2.00. The van der Waals surface area contributed by atoms with Gasteiger partial charge in [-0.15, -0.1) is 0 Å². The van der Waals surface area contributed by atoms with Crippen LogP contribution in [0.2, 0.25) is 5.02 Å². The molecule has 0 aromatic heterocycles. The summed E-state index contributed by atoms with van der Waals surface area (Å²) in [4.78, 5) is 24.2. The average Bonchev–Trinajstić information content (AvgIpc) is 2.97. The second-order valence-electron chi connectivity index (χ2n) is 7.56. The topological polar surface area (TPSA) is 67.4 Å². The zero-order chi connectivity index (χ0) is 18.6. The number of hydrogen-bond acceptors (Lipinski definition) is 3. The van der Waals surface area contributed by atoms with E-state index in [0.29, 0.717) is 10.6 Å². The Labute approximate surface area is 154 Å². The quantitative estimate of drug-likeness (QED) is 0.818. The van der Waals surface area contributed by atoms with E-state index in [1.807, 2.05) is 27.7 Å². The lowest BCUT2D eigenvalue weighted by Gasteiger charge is -2.22. The van der Waals surface area contributed by atoms with Crippen molar-refractivity contribution in [3.8, 4) is 0 Å². The molecule has 0 saturated heterocycles. The summed E-state index contributed by atoms with van der Waals surface area (Å²) >= 11 is 6.29. The molecule has 2 rings (SSSR count). The third kappa shape index (κ3) is 5.92. The summed E-state index contributed by atoms with van der Waals surface area (Å²) < 4.78 is 5.25. The fraction of sp³-hybridized carbons (Fsp3) is 0.579. The van der Waals surface area contributed by atoms with Crippen LogP contribution in [0.5, 0.6) is 0 Å². The number of carbonyl (C=O) groups is 2. The summed E-state index contributed by atoms with van der Waals surface area (Å²) in [6, 6.07) is 5.19. The van der Waals surface area contributed by atoms with Crippen LogP contribution in [0, 0.1) is 0 Å². The van der Waals surface area contributed by atoms with Crippen molar-refractivity contribution >= 4 is 23.6 Å². The first-order valence-corrected chi connectivity index (χ1v) is 9.13. The van der Waals surface area contributed by atoms with Crippen molar-refractivity contribution in [1.29, 1.82) is 0 Å². The van der Waals surface area contributed by atoms with E-state index in [2.05, 4.69) is 10.6 Å². The van der Waals surface area contributed by atoms with Crippen molar-refractivity contribution in [2.75, 3.05) is 0 Å². The van der Waals surface area contributed by atoms with E-state index < -0.39 is 11.7 Å². The smallest absolute Gasteiger partial charge is 0.408 e. The molecule has 138 valence electrons. The van der Waals surface area contributed by atoms with Crippen LogP contribution in [0.4, 0.5) is 4.79 Å². The molecule has 5 nitrogen and oxygen atoms in total. The first-order chi connectivity index (χ1) is 11.7. The molecule has 2 N–H and O–H groups in total. The Morgan fingerprint density at radius 3 is 2.44 bits per heavy atom. The van der Waals surface area contributed by atoms with Gasteiger partial charge in [0, 0.05) is 6.04 Å². The molecule has 0 spiro atoms. The molecule has 1 aromatic carbocycles. The second kappa shape index (κ2) is 8.09. The van der Waals surface area contributed by atoms with E-state index in [1.165, 1.54) is 0 Å². The minimum Gasteiger partial charge on any atom is -0.444 e. The lowest BCUT2D eigenvalue weighted by atomic mass is 10.1. The average molecular weight is 367 g/mol. The lowest BCUT2D eigenvalue weighted by Crippen LogP contribution is -2.34. The Kier molecular flexibility index (Phi) is 6.33. The largest absolute Gasteiger partial charge is 0.444 e. The van der Waals surface area contributed by atoms with Gasteiger partial charge in [-0.1, -0.05) is 30.5 Å². The Morgan fingerprint density at radius 2 is 1.88 bits per heavy atom. The Morgan fingerprint density at radius 1 is 1.24 bits per heavy atom. The van der Waals surface area contributed by atoms with Gasteiger partial charge < -0.3 is 15.4 Å². The molecule has 0 bridgehead atoms. The SMILES string of the molecule is CC(NC(=O)OC(C)(C)C)c1ccc(C(=O)NC2CCCC2)c(Cl)c1. The number of hydrogen-bond donors (Lipinski definition) is 2. The number of alkyl carbamates (subject to hydrolysis) is 1. The number of halogens is 1. The molecule has 2 amide bonds.